The summed E-state index contributed by atoms with van der Waals surface area (Å²) < 4.78 is 2.19. The highest BCUT2D eigenvalue weighted by Crippen LogP contribution is 2.32. The highest BCUT2D eigenvalue weighted by Gasteiger charge is 2.13. The predicted molar refractivity (Wildman–Crippen MR) is 79.3 cm³/mol. The summed E-state index contributed by atoms with van der Waals surface area (Å²) in [5.41, 5.74) is 3.40. The van der Waals surface area contributed by atoms with Crippen LogP contribution < -0.4 is 0 Å². The molecule has 0 saturated carbocycles. The first-order chi connectivity index (χ1) is 9.65. The number of nitriles is 2. The average Bonchev–Trinajstić information content (AvgIpc) is 2.79. The Bertz CT molecular complexity index is 831. The molecule has 0 aliphatic carbocycles. The van der Waals surface area contributed by atoms with Gasteiger partial charge in [-0.2, -0.15) is 10.5 Å². The molecule has 0 spiro atoms. The molecule has 0 bridgehead atoms. The second kappa shape index (κ2) is 4.40. The minimum absolute atomic E-state index is 0.262. The Kier molecular flexibility index (Phi) is 2.70. The number of hydrogen-bond acceptors (Lipinski definition) is 2. The van der Waals surface area contributed by atoms with Crippen LogP contribution in [0.5, 0.6) is 0 Å². The lowest BCUT2D eigenvalue weighted by atomic mass is 10.1. The lowest BCUT2D eigenvalue weighted by Crippen LogP contribution is -2.00. The van der Waals surface area contributed by atoms with Gasteiger partial charge in [-0.05, 0) is 38.1 Å². The summed E-state index contributed by atoms with van der Waals surface area (Å²) in [5.74, 6) is 0. The third-order valence-electron chi connectivity index (χ3n) is 3.58. The molecule has 0 fully saturated rings. The highest BCUT2D eigenvalue weighted by molar-refractivity contribution is 6.08. The maximum absolute atomic E-state index is 9.08. The lowest BCUT2D eigenvalue weighted by molar-refractivity contribution is 0.642. The van der Waals surface area contributed by atoms with Crippen molar-refractivity contribution in [2.24, 2.45) is 0 Å². The summed E-state index contributed by atoms with van der Waals surface area (Å²) in [6.07, 6.45) is 0. The highest BCUT2D eigenvalue weighted by atomic mass is 15.0. The normalized spacial score (nSPS) is 10.8. The molecule has 3 rings (SSSR count). The van der Waals surface area contributed by atoms with Gasteiger partial charge in [-0.15, -0.1) is 0 Å². The predicted octanol–water partition coefficient (Wildman–Crippen LogP) is 4.12. The number of aromatic nitrogens is 1. The lowest BCUT2D eigenvalue weighted by Gasteiger charge is -2.11. The Balaban J connectivity index is 2.53. The van der Waals surface area contributed by atoms with Gasteiger partial charge in [0.15, 0.2) is 0 Å². The van der Waals surface area contributed by atoms with Crippen LogP contribution in [-0.2, 0) is 0 Å². The Morgan fingerprint density at radius 1 is 0.850 bits per heavy atom. The van der Waals surface area contributed by atoms with Crippen molar-refractivity contribution >= 4 is 21.8 Å². The smallest absolute Gasteiger partial charge is 0.0992 e. The zero-order valence-corrected chi connectivity index (χ0v) is 11.4. The van der Waals surface area contributed by atoms with Crippen LogP contribution in [-0.4, -0.2) is 4.57 Å². The largest absolute Gasteiger partial charge is 0.338 e. The van der Waals surface area contributed by atoms with E-state index in [0.717, 1.165) is 21.8 Å². The van der Waals surface area contributed by atoms with Crippen LogP contribution >= 0.6 is 0 Å². The number of rotatable bonds is 1. The van der Waals surface area contributed by atoms with Crippen molar-refractivity contribution in [3.8, 4) is 12.1 Å². The maximum Gasteiger partial charge on any atom is 0.0992 e. The van der Waals surface area contributed by atoms with Crippen molar-refractivity contribution in [3.63, 3.8) is 0 Å². The molecule has 2 aromatic carbocycles. The molecular formula is C17H13N3. The van der Waals surface area contributed by atoms with E-state index in [0.29, 0.717) is 11.1 Å². The minimum atomic E-state index is 0.262. The molecule has 3 nitrogen and oxygen atoms in total. The quantitative estimate of drug-likeness (QED) is 0.660. The summed E-state index contributed by atoms with van der Waals surface area (Å²) in [4.78, 5) is 0. The third kappa shape index (κ3) is 1.65. The molecule has 0 unspecified atom stereocenters. The van der Waals surface area contributed by atoms with E-state index in [1.54, 1.807) is 0 Å². The van der Waals surface area contributed by atoms with E-state index in [-0.39, 0.29) is 6.04 Å². The summed E-state index contributed by atoms with van der Waals surface area (Å²) in [6, 6.07) is 16.1. The van der Waals surface area contributed by atoms with Crippen LogP contribution in [0.25, 0.3) is 21.8 Å². The van der Waals surface area contributed by atoms with Gasteiger partial charge in [0.05, 0.1) is 34.3 Å². The fourth-order valence-electron chi connectivity index (χ4n) is 2.74. The van der Waals surface area contributed by atoms with Crippen molar-refractivity contribution < 1.29 is 0 Å². The number of nitrogens with zero attached hydrogens (tertiary/aromatic N) is 3. The van der Waals surface area contributed by atoms with Gasteiger partial charge in [-0.1, -0.05) is 12.1 Å². The van der Waals surface area contributed by atoms with E-state index in [9.17, 15) is 0 Å². The second-order valence-corrected chi connectivity index (χ2v) is 5.15. The molecule has 3 heteroatoms. The number of fused-ring (bicyclic) bond motifs is 3. The fourth-order valence-corrected chi connectivity index (χ4v) is 2.74. The molecule has 1 aromatic heterocycles. The van der Waals surface area contributed by atoms with Crippen molar-refractivity contribution in [1.29, 1.82) is 10.5 Å². The molecule has 0 saturated heterocycles. The molecule has 1 heterocycles. The molecule has 0 amide bonds. The summed E-state index contributed by atoms with van der Waals surface area (Å²) in [6.45, 7) is 4.22. The Morgan fingerprint density at radius 3 is 1.65 bits per heavy atom. The van der Waals surface area contributed by atoms with Crippen LogP contribution in [0, 0.1) is 22.7 Å². The first-order valence-corrected chi connectivity index (χ1v) is 6.53. The molecule has 0 aliphatic heterocycles. The minimum Gasteiger partial charge on any atom is -0.338 e. The van der Waals surface area contributed by atoms with Gasteiger partial charge in [0.1, 0.15) is 0 Å². The van der Waals surface area contributed by atoms with Gasteiger partial charge in [-0.25, -0.2) is 0 Å². The Labute approximate surface area is 117 Å². The summed E-state index contributed by atoms with van der Waals surface area (Å²) in [7, 11) is 0. The molecule has 96 valence electrons. The van der Waals surface area contributed by atoms with E-state index < -0.39 is 0 Å². The van der Waals surface area contributed by atoms with Crippen molar-refractivity contribution in [3.05, 3.63) is 47.5 Å². The van der Waals surface area contributed by atoms with Gasteiger partial charge in [0.25, 0.3) is 0 Å². The summed E-state index contributed by atoms with van der Waals surface area (Å²) >= 11 is 0. The van der Waals surface area contributed by atoms with Gasteiger partial charge in [0, 0.05) is 16.8 Å². The zero-order valence-electron chi connectivity index (χ0n) is 11.4. The molecule has 0 atom stereocenters. The second-order valence-electron chi connectivity index (χ2n) is 5.15. The maximum atomic E-state index is 9.08. The van der Waals surface area contributed by atoms with E-state index >= 15 is 0 Å². The number of benzene rings is 2. The van der Waals surface area contributed by atoms with Crippen LogP contribution in [0.1, 0.15) is 31.0 Å². The average molecular weight is 259 g/mol. The van der Waals surface area contributed by atoms with Crippen LogP contribution in [0.2, 0.25) is 0 Å². The molecule has 0 aliphatic rings. The van der Waals surface area contributed by atoms with E-state index in [2.05, 4.69) is 30.6 Å². The fraction of sp³-hybridized carbons (Fsp3) is 0.176. The molecule has 3 aromatic rings. The first-order valence-electron chi connectivity index (χ1n) is 6.53. The van der Waals surface area contributed by atoms with Crippen molar-refractivity contribution in [1.82, 2.24) is 4.57 Å². The van der Waals surface area contributed by atoms with E-state index in [1.165, 1.54) is 0 Å². The van der Waals surface area contributed by atoms with Crippen molar-refractivity contribution in [2.75, 3.05) is 0 Å². The zero-order chi connectivity index (χ0) is 14.3. The topological polar surface area (TPSA) is 52.5 Å². The van der Waals surface area contributed by atoms with Crippen LogP contribution in [0.15, 0.2) is 36.4 Å². The third-order valence-corrected chi connectivity index (χ3v) is 3.58. The van der Waals surface area contributed by atoms with Gasteiger partial charge in [-0.3, -0.25) is 0 Å². The van der Waals surface area contributed by atoms with Gasteiger partial charge >= 0.3 is 0 Å². The monoisotopic (exact) mass is 259 g/mol. The molecule has 20 heavy (non-hydrogen) atoms. The Hall–Kier alpha value is -2.78. The Morgan fingerprint density at radius 2 is 1.30 bits per heavy atom. The van der Waals surface area contributed by atoms with Crippen LogP contribution in [0.3, 0.4) is 0 Å². The summed E-state index contributed by atoms with van der Waals surface area (Å²) in [5, 5.41) is 20.4. The standard InChI is InChI=1S/C17H13N3/c1-11(2)20-16-7-12(9-18)3-5-14(16)15-6-4-13(10-19)8-17(15)20/h3-8,11H,1-2H3. The van der Waals surface area contributed by atoms with Crippen LogP contribution in [0.4, 0.5) is 0 Å². The SMILES string of the molecule is CC(C)n1c2cc(C#N)ccc2c2ccc(C#N)cc21. The molecule has 0 N–H and O–H groups in total. The van der Waals surface area contributed by atoms with E-state index in [1.807, 2.05) is 36.4 Å². The van der Waals surface area contributed by atoms with E-state index in [4.69, 9.17) is 10.5 Å². The van der Waals surface area contributed by atoms with Gasteiger partial charge < -0.3 is 4.57 Å². The molecule has 0 radical (unpaired) electrons. The molecular weight excluding hydrogens is 246 g/mol. The number of hydrogen-bond donors (Lipinski definition) is 0. The van der Waals surface area contributed by atoms with Gasteiger partial charge in [0.2, 0.25) is 0 Å². The first kappa shape index (κ1) is 12.3. The van der Waals surface area contributed by atoms with Crippen molar-refractivity contribution in [2.45, 2.75) is 19.9 Å².